The van der Waals surface area contributed by atoms with Crippen LogP contribution in [0.4, 0.5) is 5.82 Å². The zero-order valence-electron chi connectivity index (χ0n) is 11.4. The Bertz CT molecular complexity index is 596. The number of anilines is 1. The van der Waals surface area contributed by atoms with Crippen LogP contribution in [0.3, 0.4) is 0 Å². The van der Waals surface area contributed by atoms with Crippen molar-refractivity contribution in [2.75, 3.05) is 19.4 Å². The molecule has 20 heavy (non-hydrogen) atoms. The Morgan fingerprint density at radius 2 is 1.95 bits per heavy atom. The Morgan fingerprint density at radius 3 is 2.55 bits per heavy atom. The highest BCUT2D eigenvalue weighted by molar-refractivity contribution is 5.91. The minimum atomic E-state index is -0.190. The summed E-state index contributed by atoms with van der Waals surface area (Å²) in [6, 6.07) is 10.4. The molecular weight excluding hydrogens is 256 g/mol. The molecule has 0 bridgehead atoms. The van der Waals surface area contributed by atoms with E-state index in [4.69, 9.17) is 0 Å². The number of nitrogens with zero attached hydrogens (tertiary/aromatic N) is 3. The third-order valence-electron chi connectivity index (χ3n) is 2.74. The molecule has 0 aliphatic rings. The van der Waals surface area contributed by atoms with Crippen LogP contribution in [-0.2, 0) is 6.54 Å². The van der Waals surface area contributed by atoms with Crippen LogP contribution in [0.15, 0.2) is 36.4 Å². The molecule has 6 heteroatoms. The highest BCUT2D eigenvalue weighted by Gasteiger charge is 2.10. The quantitative estimate of drug-likeness (QED) is 0.881. The first-order valence-corrected chi connectivity index (χ1v) is 6.14. The van der Waals surface area contributed by atoms with E-state index < -0.39 is 0 Å². The second-order valence-electron chi connectivity index (χ2n) is 4.49. The molecule has 2 rings (SSSR count). The summed E-state index contributed by atoms with van der Waals surface area (Å²) in [4.78, 5) is 13.1. The molecule has 1 aromatic heterocycles. The van der Waals surface area contributed by atoms with Crippen LogP contribution in [0.5, 0.6) is 5.75 Å². The summed E-state index contributed by atoms with van der Waals surface area (Å²) in [7, 11) is 3.32. The number of phenolic OH excluding ortho intramolecular Hbond substituents is 1. The Balaban J connectivity index is 2.01. The van der Waals surface area contributed by atoms with Gasteiger partial charge in [0.05, 0.1) is 0 Å². The van der Waals surface area contributed by atoms with E-state index in [1.54, 1.807) is 38.4 Å². The third-order valence-corrected chi connectivity index (χ3v) is 2.74. The average Bonchev–Trinajstić information content (AvgIpc) is 2.46. The van der Waals surface area contributed by atoms with Gasteiger partial charge in [0.1, 0.15) is 11.6 Å². The maximum Gasteiger partial charge on any atom is 0.273 e. The zero-order valence-corrected chi connectivity index (χ0v) is 11.4. The smallest absolute Gasteiger partial charge is 0.273 e. The van der Waals surface area contributed by atoms with Gasteiger partial charge in [-0.05, 0) is 18.2 Å². The summed E-state index contributed by atoms with van der Waals surface area (Å²) in [6.45, 7) is 0.433. The van der Waals surface area contributed by atoms with E-state index in [0.717, 1.165) is 5.56 Å². The average molecular weight is 272 g/mol. The lowest BCUT2D eigenvalue weighted by atomic mass is 10.2. The number of para-hydroxylation sites is 1. The SMILES string of the molecule is CN(C)C(=O)c1ccc(NCc2ccccc2O)nn1. The van der Waals surface area contributed by atoms with Crippen LogP contribution in [0, 0.1) is 0 Å². The van der Waals surface area contributed by atoms with Gasteiger partial charge in [0, 0.05) is 26.2 Å². The Kier molecular flexibility index (Phi) is 4.14. The van der Waals surface area contributed by atoms with Crippen molar-refractivity contribution in [3.05, 3.63) is 47.7 Å². The Labute approximate surface area is 117 Å². The topological polar surface area (TPSA) is 78.4 Å². The summed E-state index contributed by atoms with van der Waals surface area (Å²) in [5, 5.41) is 20.5. The van der Waals surface area contributed by atoms with Crippen molar-refractivity contribution in [2.24, 2.45) is 0 Å². The maximum absolute atomic E-state index is 11.6. The second kappa shape index (κ2) is 6.01. The first kappa shape index (κ1) is 13.8. The van der Waals surface area contributed by atoms with Crippen LogP contribution in [0.2, 0.25) is 0 Å². The van der Waals surface area contributed by atoms with Gasteiger partial charge >= 0.3 is 0 Å². The summed E-state index contributed by atoms with van der Waals surface area (Å²) in [6.07, 6.45) is 0. The van der Waals surface area contributed by atoms with Gasteiger partial charge < -0.3 is 15.3 Å². The summed E-state index contributed by atoms with van der Waals surface area (Å²) >= 11 is 0. The molecule has 1 aromatic carbocycles. The number of carbonyl (C=O) groups excluding carboxylic acids is 1. The van der Waals surface area contributed by atoms with E-state index in [9.17, 15) is 9.90 Å². The van der Waals surface area contributed by atoms with E-state index >= 15 is 0 Å². The van der Waals surface area contributed by atoms with Crippen LogP contribution in [0.25, 0.3) is 0 Å². The largest absolute Gasteiger partial charge is 0.508 e. The van der Waals surface area contributed by atoms with Gasteiger partial charge in [-0.15, -0.1) is 10.2 Å². The van der Waals surface area contributed by atoms with Crippen molar-refractivity contribution in [1.29, 1.82) is 0 Å². The first-order valence-electron chi connectivity index (χ1n) is 6.14. The van der Waals surface area contributed by atoms with Crippen molar-refractivity contribution in [3.63, 3.8) is 0 Å². The Morgan fingerprint density at radius 1 is 1.20 bits per heavy atom. The highest BCUT2D eigenvalue weighted by atomic mass is 16.3. The number of amides is 1. The van der Waals surface area contributed by atoms with Crippen LogP contribution in [0.1, 0.15) is 16.1 Å². The van der Waals surface area contributed by atoms with Crippen molar-refractivity contribution in [2.45, 2.75) is 6.54 Å². The molecule has 2 N–H and O–H groups in total. The number of phenols is 1. The number of carbonyl (C=O) groups is 1. The molecule has 0 fully saturated rings. The standard InChI is InChI=1S/C14H16N4O2/c1-18(2)14(20)11-7-8-13(17-16-11)15-9-10-5-3-4-6-12(10)19/h3-8,19H,9H2,1-2H3,(H,15,17). The molecule has 104 valence electrons. The van der Waals surface area contributed by atoms with Crippen molar-refractivity contribution in [1.82, 2.24) is 15.1 Å². The van der Waals surface area contributed by atoms with E-state index in [1.165, 1.54) is 4.90 Å². The van der Waals surface area contributed by atoms with Crippen molar-refractivity contribution >= 4 is 11.7 Å². The molecule has 1 heterocycles. The molecular formula is C14H16N4O2. The number of benzene rings is 1. The van der Waals surface area contributed by atoms with Gasteiger partial charge in [0.2, 0.25) is 0 Å². The van der Waals surface area contributed by atoms with Crippen molar-refractivity contribution < 1.29 is 9.90 Å². The van der Waals surface area contributed by atoms with Gasteiger partial charge in [-0.2, -0.15) is 0 Å². The lowest BCUT2D eigenvalue weighted by molar-refractivity contribution is 0.0821. The van der Waals surface area contributed by atoms with Crippen LogP contribution < -0.4 is 5.32 Å². The number of aromatic nitrogens is 2. The van der Waals surface area contributed by atoms with Gasteiger partial charge in [-0.1, -0.05) is 18.2 Å². The van der Waals surface area contributed by atoms with Gasteiger partial charge in [0.15, 0.2) is 5.69 Å². The molecule has 0 saturated carbocycles. The molecule has 2 aromatic rings. The number of nitrogens with one attached hydrogen (secondary N) is 1. The van der Waals surface area contributed by atoms with E-state index in [1.807, 2.05) is 12.1 Å². The third kappa shape index (κ3) is 3.23. The summed E-state index contributed by atoms with van der Waals surface area (Å²) in [5.74, 6) is 0.584. The molecule has 0 spiro atoms. The molecule has 1 amide bonds. The number of hydrogen-bond acceptors (Lipinski definition) is 5. The van der Waals surface area contributed by atoms with E-state index in [0.29, 0.717) is 18.1 Å². The number of hydrogen-bond donors (Lipinski definition) is 2. The fourth-order valence-electron chi connectivity index (χ4n) is 1.62. The fourth-order valence-corrected chi connectivity index (χ4v) is 1.62. The normalized spacial score (nSPS) is 10.1. The lowest BCUT2D eigenvalue weighted by Crippen LogP contribution is -2.23. The Hall–Kier alpha value is -2.63. The monoisotopic (exact) mass is 272 g/mol. The molecule has 0 aliphatic carbocycles. The second-order valence-corrected chi connectivity index (χ2v) is 4.49. The predicted octanol–water partition coefficient (Wildman–Crippen LogP) is 1.50. The van der Waals surface area contributed by atoms with E-state index in [2.05, 4.69) is 15.5 Å². The van der Waals surface area contributed by atoms with Crippen molar-refractivity contribution in [3.8, 4) is 5.75 Å². The fraction of sp³-hybridized carbons (Fsp3) is 0.214. The van der Waals surface area contributed by atoms with Gasteiger partial charge in [0.25, 0.3) is 5.91 Å². The van der Waals surface area contributed by atoms with Gasteiger partial charge in [-0.3, -0.25) is 4.79 Å². The molecule has 0 radical (unpaired) electrons. The predicted molar refractivity (Wildman–Crippen MR) is 75.5 cm³/mol. The lowest BCUT2D eigenvalue weighted by Gasteiger charge is -2.10. The highest BCUT2D eigenvalue weighted by Crippen LogP contribution is 2.16. The first-order chi connectivity index (χ1) is 9.58. The molecule has 0 unspecified atom stereocenters. The maximum atomic E-state index is 11.6. The number of aromatic hydroxyl groups is 1. The minimum absolute atomic E-state index is 0.190. The van der Waals surface area contributed by atoms with Crippen LogP contribution in [-0.4, -0.2) is 40.2 Å². The summed E-state index contributed by atoms with van der Waals surface area (Å²) in [5.41, 5.74) is 1.06. The van der Waals surface area contributed by atoms with Crippen LogP contribution >= 0.6 is 0 Å². The molecule has 0 atom stereocenters. The van der Waals surface area contributed by atoms with E-state index in [-0.39, 0.29) is 11.7 Å². The summed E-state index contributed by atoms with van der Waals surface area (Å²) < 4.78 is 0. The van der Waals surface area contributed by atoms with Gasteiger partial charge in [-0.25, -0.2) is 0 Å². The molecule has 0 aliphatic heterocycles. The minimum Gasteiger partial charge on any atom is -0.508 e. The zero-order chi connectivity index (χ0) is 14.5. The molecule has 6 nitrogen and oxygen atoms in total. The molecule has 0 saturated heterocycles. The number of rotatable bonds is 4.